The molecule has 1 N–H and O–H groups in total. The summed E-state index contributed by atoms with van der Waals surface area (Å²) in [4.78, 5) is 38.3. The standard InChI is InChI=1S/C20H16N4O3/c1-23-12-15(10-21-23)22-18(25)14-8-6-13(7-9-14)11-24-19(26)16-4-2-3-5-17(16)20(24)27/h2-10,12H,11H2,1H3,(H,22,25). The third kappa shape index (κ3) is 3.10. The van der Waals surface area contributed by atoms with Crippen LogP contribution in [0.3, 0.4) is 0 Å². The number of fused-ring (bicyclic) bond motifs is 1. The fraction of sp³-hybridized carbons (Fsp3) is 0.100. The van der Waals surface area contributed by atoms with Gasteiger partial charge in [-0.2, -0.15) is 5.10 Å². The zero-order valence-corrected chi connectivity index (χ0v) is 14.5. The molecule has 0 saturated heterocycles. The number of carbonyl (C=O) groups excluding carboxylic acids is 3. The summed E-state index contributed by atoms with van der Waals surface area (Å²) in [5.41, 5.74) is 2.70. The third-order valence-electron chi connectivity index (χ3n) is 4.40. The van der Waals surface area contributed by atoms with Gasteiger partial charge in [0.1, 0.15) is 0 Å². The lowest BCUT2D eigenvalue weighted by atomic mass is 10.1. The summed E-state index contributed by atoms with van der Waals surface area (Å²) in [5.74, 6) is -0.849. The second-order valence-corrected chi connectivity index (χ2v) is 6.30. The van der Waals surface area contributed by atoms with E-state index < -0.39 is 0 Å². The molecule has 4 rings (SSSR count). The number of imide groups is 1. The van der Waals surface area contributed by atoms with Crippen molar-refractivity contribution in [2.75, 3.05) is 5.32 Å². The van der Waals surface area contributed by atoms with Crippen molar-refractivity contribution in [1.82, 2.24) is 14.7 Å². The second-order valence-electron chi connectivity index (χ2n) is 6.30. The Morgan fingerprint density at radius 2 is 1.63 bits per heavy atom. The first kappa shape index (κ1) is 16.7. The van der Waals surface area contributed by atoms with E-state index in [1.54, 1.807) is 72.7 Å². The molecule has 0 aliphatic carbocycles. The molecule has 1 aromatic heterocycles. The molecule has 3 aromatic rings. The minimum absolute atomic E-state index is 0.164. The number of hydrogen-bond acceptors (Lipinski definition) is 4. The fourth-order valence-corrected chi connectivity index (χ4v) is 3.02. The summed E-state index contributed by atoms with van der Waals surface area (Å²) in [5, 5.41) is 6.76. The van der Waals surface area contributed by atoms with E-state index in [1.807, 2.05) is 0 Å². The van der Waals surface area contributed by atoms with Gasteiger partial charge in [-0.25, -0.2) is 0 Å². The predicted octanol–water partition coefficient (Wildman–Crippen LogP) is 2.47. The van der Waals surface area contributed by atoms with Gasteiger partial charge in [-0.3, -0.25) is 24.0 Å². The second kappa shape index (κ2) is 6.53. The lowest BCUT2D eigenvalue weighted by Crippen LogP contribution is -2.29. The maximum Gasteiger partial charge on any atom is 0.261 e. The van der Waals surface area contributed by atoms with Crippen molar-refractivity contribution in [1.29, 1.82) is 0 Å². The number of hydrogen-bond donors (Lipinski definition) is 1. The van der Waals surface area contributed by atoms with Crippen molar-refractivity contribution in [3.63, 3.8) is 0 Å². The van der Waals surface area contributed by atoms with E-state index in [0.717, 1.165) is 5.56 Å². The van der Waals surface area contributed by atoms with Gasteiger partial charge in [-0.15, -0.1) is 0 Å². The number of anilines is 1. The van der Waals surface area contributed by atoms with Gasteiger partial charge in [-0.05, 0) is 29.8 Å². The SMILES string of the molecule is Cn1cc(NC(=O)c2ccc(CN3C(=O)c4ccccc4C3=O)cc2)cn1. The number of nitrogens with zero attached hydrogens (tertiary/aromatic N) is 3. The van der Waals surface area contributed by atoms with Crippen molar-refractivity contribution in [3.05, 3.63) is 83.2 Å². The van der Waals surface area contributed by atoms with Crippen LogP contribution in [0.15, 0.2) is 60.9 Å². The minimum Gasteiger partial charge on any atom is -0.319 e. The first-order valence-electron chi connectivity index (χ1n) is 8.37. The first-order valence-corrected chi connectivity index (χ1v) is 8.37. The van der Waals surface area contributed by atoms with Crippen LogP contribution in [-0.4, -0.2) is 32.4 Å². The lowest BCUT2D eigenvalue weighted by molar-refractivity contribution is 0.0642. The minimum atomic E-state index is -0.297. The Balaban J connectivity index is 1.46. The smallest absolute Gasteiger partial charge is 0.261 e. The number of nitrogens with one attached hydrogen (secondary N) is 1. The molecule has 0 spiro atoms. The zero-order chi connectivity index (χ0) is 19.0. The van der Waals surface area contributed by atoms with Crippen molar-refractivity contribution < 1.29 is 14.4 Å². The van der Waals surface area contributed by atoms with Crippen LogP contribution in [0, 0.1) is 0 Å². The largest absolute Gasteiger partial charge is 0.319 e. The van der Waals surface area contributed by atoms with E-state index in [0.29, 0.717) is 22.4 Å². The maximum absolute atomic E-state index is 12.4. The van der Waals surface area contributed by atoms with Gasteiger partial charge < -0.3 is 5.32 Å². The number of aryl methyl sites for hydroxylation is 1. The van der Waals surface area contributed by atoms with Gasteiger partial charge in [0, 0.05) is 18.8 Å². The highest BCUT2D eigenvalue weighted by Crippen LogP contribution is 2.24. The summed E-state index contributed by atoms with van der Waals surface area (Å²) >= 11 is 0. The molecule has 27 heavy (non-hydrogen) atoms. The molecule has 134 valence electrons. The molecule has 0 radical (unpaired) electrons. The third-order valence-corrected chi connectivity index (χ3v) is 4.40. The van der Waals surface area contributed by atoms with Crippen molar-refractivity contribution in [2.24, 2.45) is 7.05 Å². The Labute approximate surface area is 155 Å². The van der Waals surface area contributed by atoms with Crippen LogP contribution in [0.4, 0.5) is 5.69 Å². The number of benzene rings is 2. The maximum atomic E-state index is 12.4. The van der Waals surface area contributed by atoms with Crippen LogP contribution in [0.1, 0.15) is 36.6 Å². The average molecular weight is 360 g/mol. The van der Waals surface area contributed by atoms with Crippen LogP contribution in [0.25, 0.3) is 0 Å². The molecule has 1 aliphatic rings. The lowest BCUT2D eigenvalue weighted by Gasteiger charge is -2.14. The van der Waals surface area contributed by atoms with E-state index in [9.17, 15) is 14.4 Å². The highest BCUT2D eigenvalue weighted by molar-refractivity contribution is 6.21. The quantitative estimate of drug-likeness (QED) is 0.725. The van der Waals surface area contributed by atoms with Gasteiger partial charge in [0.2, 0.25) is 0 Å². The summed E-state index contributed by atoms with van der Waals surface area (Å²) in [6, 6.07) is 13.6. The van der Waals surface area contributed by atoms with Crippen molar-refractivity contribution in [3.8, 4) is 0 Å². The van der Waals surface area contributed by atoms with Crippen LogP contribution in [0.2, 0.25) is 0 Å². The molecule has 2 aromatic carbocycles. The summed E-state index contributed by atoms with van der Waals surface area (Å²) < 4.78 is 1.60. The van der Waals surface area contributed by atoms with Crippen LogP contribution in [0.5, 0.6) is 0 Å². The highest BCUT2D eigenvalue weighted by Gasteiger charge is 2.34. The average Bonchev–Trinajstić information content (AvgIpc) is 3.19. The molecule has 3 amide bonds. The van der Waals surface area contributed by atoms with Gasteiger partial charge in [0.15, 0.2) is 0 Å². The topological polar surface area (TPSA) is 84.3 Å². The van der Waals surface area contributed by atoms with Gasteiger partial charge >= 0.3 is 0 Å². The molecule has 0 fully saturated rings. The zero-order valence-electron chi connectivity index (χ0n) is 14.5. The predicted molar refractivity (Wildman–Crippen MR) is 98.2 cm³/mol. The highest BCUT2D eigenvalue weighted by atomic mass is 16.2. The van der Waals surface area contributed by atoms with Crippen LogP contribution < -0.4 is 5.32 Å². The monoisotopic (exact) mass is 360 g/mol. The number of aromatic nitrogens is 2. The Kier molecular flexibility index (Phi) is 4.04. The Morgan fingerprint density at radius 3 is 2.19 bits per heavy atom. The van der Waals surface area contributed by atoms with E-state index in [-0.39, 0.29) is 24.3 Å². The Morgan fingerprint density at radius 1 is 1.00 bits per heavy atom. The normalized spacial score (nSPS) is 13.0. The summed E-state index contributed by atoms with van der Waals surface area (Å²) in [6.07, 6.45) is 3.27. The molecule has 2 heterocycles. The number of carbonyl (C=O) groups is 3. The molecule has 1 aliphatic heterocycles. The molecule has 0 unspecified atom stereocenters. The van der Waals surface area contributed by atoms with Gasteiger partial charge in [0.05, 0.1) is 29.6 Å². The Bertz CT molecular complexity index is 1020. The number of rotatable bonds is 4. The summed E-state index contributed by atoms with van der Waals surface area (Å²) in [7, 11) is 1.77. The van der Waals surface area contributed by atoms with Gasteiger partial charge in [0.25, 0.3) is 17.7 Å². The molecule has 7 nitrogen and oxygen atoms in total. The van der Waals surface area contributed by atoms with Crippen molar-refractivity contribution in [2.45, 2.75) is 6.54 Å². The van der Waals surface area contributed by atoms with E-state index in [1.165, 1.54) is 4.90 Å². The van der Waals surface area contributed by atoms with Crippen LogP contribution in [-0.2, 0) is 13.6 Å². The van der Waals surface area contributed by atoms with Gasteiger partial charge in [-0.1, -0.05) is 24.3 Å². The molecular formula is C20H16N4O3. The van der Waals surface area contributed by atoms with E-state index in [2.05, 4.69) is 10.4 Å². The first-order chi connectivity index (χ1) is 13.0. The summed E-state index contributed by atoms with van der Waals surface area (Å²) in [6.45, 7) is 0.164. The number of amides is 3. The van der Waals surface area contributed by atoms with Crippen LogP contribution >= 0.6 is 0 Å². The molecule has 0 atom stereocenters. The molecule has 0 bridgehead atoms. The molecule has 0 saturated carbocycles. The Hall–Kier alpha value is -3.74. The van der Waals surface area contributed by atoms with Crippen molar-refractivity contribution >= 4 is 23.4 Å². The van der Waals surface area contributed by atoms with E-state index in [4.69, 9.17) is 0 Å². The van der Waals surface area contributed by atoms with E-state index >= 15 is 0 Å². The molecule has 7 heteroatoms. The fourth-order valence-electron chi connectivity index (χ4n) is 3.02. The molecular weight excluding hydrogens is 344 g/mol.